The smallest absolute Gasteiger partial charge is 0.338 e. The average molecular weight is 722 g/mol. The Bertz CT molecular complexity index is 2010. The molecule has 0 saturated carbocycles. The molecule has 3 aromatic carbocycles. The van der Waals surface area contributed by atoms with Crippen LogP contribution in [0.25, 0.3) is 0 Å². The standard InChI is InChI=1S/C34H28ClN3O9S2/c1-3-45-32(42)17-5-10-20(11-6-17)36-24(39)16-47-23-14-9-19(35)15-22(23)25-26-28(48-29-27(25)49-34(44)37-29)31(41)38(30(26)40)21-12-7-18(8-13-21)33(43)46-4-2/h5-15,25-26,28H,3-4,16H2,1-2H3,(H,36,39)(H,37,44). The molecule has 1 fully saturated rings. The van der Waals surface area contributed by atoms with Gasteiger partial charge in [0.2, 0.25) is 11.8 Å². The van der Waals surface area contributed by atoms with E-state index < -0.39 is 53.4 Å². The summed E-state index contributed by atoms with van der Waals surface area (Å²) in [6.45, 7) is 3.41. The number of nitrogens with one attached hydrogen (secondary N) is 2. The van der Waals surface area contributed by atoms with E-state index in [4.69, 9.17) is 25.8 Å². The highest BCUT2D eigenvalue weighted by atomic mass is 35.5. The van der Waals surface area contributed by atoms with Gasteiger partial charge in [0.05, 0.1) is 41.0 Å². The molecule has 4 aromatic rings. The van der Waals surface area contributed by atoms with Crippen molar-refractivity contribution in [3.8, 4) is 5.75 Å². The van der Waals surface area contributed by atoms with Crippen molar-refractivity contribution in [2.24, 2.45) is 5.92 Å². The molecule has 49 heavy (non-hydrogen) atoms. The minimum atomic E-state index is -0.950. The fourth-order valence-corrected chi connectivity index (χ4v) is 8.39. The summed E-state index contributed by atoms with van der Waals surface area (Å²) in [4.78, 5) is 81.7. The maximum absolute atomic E-state index is 14.2. The number of hydrogen-bond donors (Lipinski definition) is 2. The predicted octanol–water partition coefficient (Wildman–Crippen LogP) is 5.26. The van der Waals surface area contributed by atoms with Crippen LogP contribution in [0.1, 0.15) is 50.9 Å². The summed E-state index contributed by atoms with van der Waals surface area (Å²) in [7, 11) is 0. The Hall–Kier alpha value is -4.92. The first-order valence-corrected chi connectivity index (χ1v) is 17.2. The second kappa shape index (κ2) is 14.3. The van der Waals surface area contributed by atoms with E-state index in [0.29, 0.717) is 31.7 Å². The lowest BCUT2D eigenvalue weighted by Crippen LogP contribution is -2.32. The number of hydrogen-bond acceptors (Lipinski definition) is 11. The van der Waals surface area contributed by atoms with Crippen LogP contribution in [0.2, 0.25) is 5.02 Å². The van der Waals surface area contributed by atoms with Gasteiger partial charge in [0.15, 0.2) is 6.61 Å². The number of H-pyrrole nitrogens is 1. The number of anilines is 2. The molecule has 1 aromatic heterocycles. The molecule has 0 aliphatic carbocycles. The Morgan fingerprint density at radius 1 is 0.878 bits per heavy atom. The van der Waals surface area contributed by atoms with Gasteiger partial charge in [-0.25, -0.2) is 14.5 Å². The summed E-state index contributed by atoms with van der Waals surface area (Å²) in [5.74, 6) is -4.03. The van der Waals surface area contributed by atoms with E-state index in [1.165, 1.54) is 36.4 Å². The highest BCUT2D eigenvalue weighted by molar-refractivity contribution is 8.00. The van der Waals surface area contributed by atoms with Crippen molar-refractivity contribution >= 4 is 75.7 Å². The zero-order chi connectivity index (χ0) is 34.8. The Morgan fingerprint density at radius 2 is 1.51 bits per heavy atom. The van der Waals surface area contributed by atoms with Gasteiger partial charge in [-0.3, -0.25) is 19.2 Å². The Kier molecular flexibility index (Phi) is 9.90. The molecule has 2 aliphatic heterocycles. The largest absolute Gasteiger partial charge is 0.483 e. The number of carbonyl (C=O) groups excluding carboxylic acids is 5. The lowest BCUT2D eigenvalue weighted by molar-refractivity contribution is -0.122. The third-order valence-electron chi connectivity index (χ3n) is 7.81. The van der Waals surface area contributed by atoms with Crippen LogP contribution in [0, 0.1) is 5.92 Å². The molecule has 2 N–H and O–H groups in total. The lowest BCUT2D eigenvalue weighted by atomic mass is 9.82. The Morgan fingerprint density at radius 3 is 2.14 bits per heavy atom. The van der Waals surface area contributed by atoms with Gasteiger partial charge < -0.3 is 24.5 Å². The monoisotopic (exact) mass is 721 g/mol. The van der Waals surface area contributed by atoms with E-state index in [0.717, 1.165) is 28.0 Å². The molecule has 3 amide bonds. The number of esters is 2. The van der Waals surface area contributed by atoms with Crippen LogP contribution >= 0.6 is 34.7 Å². The van der Waals surface area contributed by atoms with Gasteiger partial charge in [-0.1, -0.05) is 34.7 Å². The average Bonchev–Trinajstić information content (AvgIpc) is 3.58. The van der Waals surface area contributed by atoms with Crippen LogP contribution in [0.15, 0.2) is 76.6 Å². The molecule has 252 valence electrons. The third-order valence-corrected chi connectivity index (χ3v) is 10.4. The highest BCUT2D eigenvalue weighted by Gasteiger charge is 2.57. The molecule has 3 heterocycles. The first-order chi connectivity index (χ1) is 23.6. The van der Waals surface area contributed by atoms with Crippen LogP contribution in [-0.2, 0) is 23.9 Å². The number of carbonyl (C=O) groups is 5. The van der Waals surface area contributed by atoms with Gasteiger partial charge in [-0.2, -0.15) is 0 Å². The topological polar surface area (TPSA) is 161 Å². The summed E-state index contributed by atoms with van der Waals surface area (Å²) in [5.41, 5.74) is 1.74. The van der Waals surface area contributed by atoms with Crippen LogP contribution in [0.5, 0.6) is 5.75 Å². The number of nitrogens with zero attached hydrogens (tertiary/aromatic N) is 1. The molecule has 6 rings (SSSR count). The van der Waals surface area contributed by atoms with E-state index >= 15 is 0 Å². The molecule has 0 spiro atoms. The second-order valence-corrected chi connectivity index (χ2v) is 13.4. The fraction of sp³-hybridized carbons (Fsp3) is 0.235. The Labute approximate surface area is 292 Å². The lowest BCUT2D eigenvalue weighted by Gasteiger charge is -2.31. The first kappa shape index (κ1) is 34.0. The van der Waals surface area contributed by atoms with E-state index in [1.807, 2.05) is 0 Å². The number of halogens is 1. The summed E-state index contributed by atoms with van der Waals surface area (Å²) in [6.07, 6.45) is 0. The number of aromatic nitrogens is 1. The highest BCUT2D eigenvalue weighted by Crippen LogP contribution is 2.54. The van der Waals surface area contributed by atoms with Crippen molar-refractivity contribution in [2.45, 2.75) is 30.0 Å². The second-order valence-electron chi connectivity index (χ2n) is 10.8. The summed E-state index contributed by atoms with van der Waals surface area (Å²) >= 11 is 8.48. The van der Waals surface area contributed by atoms with Crippen molar-refractivity contribution in [1.29, 1.82) is 0 Å². The number of fused-ring (bicyclic) bond motifs is 2. The molecule has 15 heteroatoms. The van der Waals surface area contributed by atoms with E-state index in [2.05, 4.69) is 10.3 Å². The van der Waals surface area contributed by atoms with Crippen molar-refractivity contribution in [1.82, 2.24) is 4.98 Å². The van der Waals surface area contributed by atoms with E-state index in [-0.39, 0.29) is 35.1 Å². The van der Waals surface area contributed by atoms with Crippen molar-refractivity contribution in [3.63, 3.8) is 0 Å². The summed E-state index contributed by atoms with van der Waals surface area (Å²) in [5, 5.41) is 2.58. The maximum Gasteiger partial charge on any atom is 0.338 e. The summed E-state index contributed by atoms with van der Waals surface area (Å²) in [6, 6.07) is 16.9. The third kappa shape index (κ3) is 6.84. The predicted molar refractivity (Wildman–Crippen MR) is 183 cm³/mol. The Balaban J connectivity index is 1.27. The molecule has 12 nitrogen and oxygen atoms in total. The van der Waals surface area contributed by atoms with Gasteiger partial charge in [-0.05, 0) is 80.6 Å². The molecule has 3 atom stereocenters. The molecular weight excluding hydrogens is 694 g/mol. The molecule has 0 radical (unpaired) electrons. The van der Waals surface area contributed by atoms with Crippen LogP contribution in [-0.4, -0.2) is 59.7 Å². The number of thioether (sulfide) groups is 1. The van der Waals surface area contributed by atoms with Crippen molar-refractivity contribution in [3.05, 3.63) is 103 Å². The molecule has 1 saturated heterocycles. The van der Waals surface area contributed by atoms with Crippen molar-refractivity contribution in [2.75, 3.05) is 30.0 Å². The zero-order valence-corrected chi connectivity index (χ0v) is 28.4. The summed E-state index contributed by atoms with van der Waals surface area (Å²) < 4.78 is 16.0. The number of imide groups is 1. The quantitative estimate of drug-likeness (QED) is 0.163. The van der Waals surface area contributed by atoms with Crippen LogP contribution in [0.3, 0.4) is 0 Å². The van der Waals surface area contributed by atoms with Crippen LogP contribution < -0.4 is 19.8 Å². The van der Waals surface area contributed by atoms with Crippen LogP contribution in [0.4, 0.5) is 11.4 Å². The number of benzene rings is 3. The first-order valence-electron chi connectivity index (χ1n) is 15.1. The maximum atomic E-state index is 14.2. The minimum absolute atomic E-state index is 0.199. The molecular formula is C34H28ClN3O9S2. The van der Waals surface area contributed by atoms with E-state index in [9.17, 15) is 28.8 Å². The minimum Gasteiger partial charge on any atom is -0.483 e. The molecule has 2 aliphatic rings. The SMILES string of the molecule is CCOC(=O)c1ccc(NC(=O)COc2ccc(Cl)cc2C2c3sc(=O)[nH]c3SC3C(=O)N(c4ccc(C(=O)OCC)cc4)C(=O)C32)cc1. The van der Waals surface area contributed by atoms with Gasteiger partial charge in [-0.15, -0.1) is 0 Å². The number of thiazole rings is 1. The van der Waals surface area contributed by atoms with Gasteiger partial charge in [0, 0.05) is 27.1 Å². The normalized spacial score (nSPS) is 18.0. The number of ether oxygens (including phenoxy) is 3. The van der Waals surface area contributed by atoms with Gasteiger partial charge in [0.25, 0.3) is 5.91 Å². The zero-order valence-electron chi connectivity index (χ0n) is 26.0. The van der Waals surface area contributed by atoms with Gasteiger partial charge in [0.1, 0.15) is 11.0 Å². The van der Waals surface area contributed by atoms with Crippen molar-refractivity contribution < 1.29 is 38.2 Å². The van der Waals surface area contributed by atoms with Gasteiger partial charge >= 0.3 is 16.8 Å². The number of aromatic amines is 1. The fourth-order valence-electron chi connectivity index (χ4n) is 5.71. The number of amides is 3. The molecule has 3 unspecified atom stereocenters. The number of rotatable bonds is 10. The molecule has 0 bridgehead atoms. The van der Waals surface area contributed by atoms with E-state index in [1.54, 1.807) is 44.2 Å².